The van der Waals surface area contributed by atoms with Crippen molar-refractivity contribution in [3.05, 3.63) is 65.2 Å². The fraction of sp³-hybridized carbons (Fsp3) is 0.391. The maximum absolute atomic E-state index is 12.7. The number of nitrogens with one attached hydrogen (secondary N) is 2. The molecule has 1 aliphatic carbocycles. The van der Waals surface area contributed by atoms with Gasteiger partial charge in [-0.05, 0) is 36.5 Å². The number of carbonyl (C=O) groups excluding carboxylic acids is 1. The third-order valence-electron chi connectivity index (χ3n) is 5.19. The molecule has 3 rings (SSSR count). The zero-order valence-corrected chi connectivity index (χ0v) is 20.5. The van der Waals surface area contributed by atoms with Crippen LogP contribution in [-0.2, 0) is 24.2 Å². The minimum Gasteiger partial charge on any atom is -0.434 e. The van der Waals surface area contributed by atoms with Gasteiger partial charge in [-0.25, -0.2) is 4.99 Å². The van der Waals surface area contributed by atoms with Gasteiger partial charge in [0.1, 0.15) is 5.75 Å². The monoisotopic (exact) mass is 558 g/mol. The number of fused-ring (bicyclic) bond motifs is 1. The predicted molar refractivity (Wildman–Crippen MR) is 132 cm³/mol. The van der Waals surface area contributed by atoms with Crippen LogP contribution in [0.2, 0.25) is 0 Å². The molecule has 2 aromatic rings. The van der Waals surface area contributed by atoms with Gasteiger partial charge in [-0.1, -0.05) is 42.5 Å². The number of alkyl halides is 2. The molecular weight excluding hydrogens is 529 g/mol. The summed E-state index contributed by atoms with van der Waals surface area (Å²) in [6, 6.07) is 15.1. The summed E-state index contributed by atoms with van der Waals surface area (Å²) in [5, 5.41) is 6.46. The van der Waals surface area contributed by atoms with E-state index in [-0.39, 0.29) is 54.8 Å². The Kier molecular flexibility index (Phi) is 10.1. The van der Waals surface area contributed by atoms with E-state index < -0.39 is 6.61 Å². The molecule has 0 aromatic heterocycles. The molecule has 1 aliphatic rings. The van der Waals surface area contributed by atoms with Crippen LogP contribution >= 0.6 is 24.0 Å². The van der Waals surface area contributed by atoms with Crippen molar-refractivity contribution in [3.63, 3.8) is 0 Å². The molecule has 0 saturated carbocycles. The van der Waals surface area contributed by atoms with Gasteiger partial charge in [-0.15, -0.1) is 24.0 Å². The summed E-state index contributed by atoms with van der Waals surface area (Å²) in [5.74, 6) is 0.466. The third kappa shape index (κ3) is 7.61. The molecule has 2 N–H and O–H groups in total. The van der Waals surface area contributed by atoms with E-state index in [2.05, 4.69) is 32.5 Å². The summed E-state index contributed by atoms with van der Waals surface area (Å²) in [6.45, 7) is -2.68. The number of ether oxygens (including phenoxy) is 1. The second-order valence-corrected chi connectivity index (χ2v) is 7.65. The van der Waals surface area contributed by atoms with Crippen LogP contribution in [0.15, 0.2) is 53.5 Å². The maximum atomic E-state index is 12.7. The predicted octanol–water partition coefficient (Wildman–Crippen LogP) is 3.59. The number of likely N-dealkylation sites (N-methyl/N-ethyl adjacent to an activating group) is 1. The summed E-state index contributed by atoms with van der Waals surface area (Å²) in [7, 11) is 3.37. The molecule has 0 radical (unpaired) electrons. The number of guanidine groups is 1. The Bertz CT molecular complexity index is 924. The van der Waals surface area contributed by atoms with Gasteiger partial charge in [0.05, 0.1) is 13.1 Å². The molecule has 174 valence electrons. The second-order valence-electron chi connectivity index (χ2n) is 7.65. The Labute approximate surface area is 204 Å². The summed E-state index contributed by atoms with van der Waals surface area (Å²) < 4.78 is 30.0. The van der Waals surface area contributed by atoms with Crippen LogP contribution in [-0.4, -0.2) is 50.1 Å². The van der Waals surface area contributed by atoms with Crippen molar-refractivity contribution in [2.24, 2.45) is 4.99 Å². The van der Waals surface area contributed by atoms with Crippen molar-refractivity contribution in [2.45, 2.75) is 38.5 Å². The molecule has 0 spiro atoms. The number of amides is 1. The lowest BCUT2D eigenvalue weighted by Crippen LogP contribution is -2.48. The lowest BCUT2D eigenvalue weighted by atomic mass is 9.88. The Morgan fingerprint density at radius 2 is 1.84 bits per heavy atom. The Balaban J connectivity index is 0.00000363. The van der Waals surface area contributed by atoms with Gasteiger partial charge in [0.25, 0.3) is 0 Å². The lowest BCUT2D eigenvalue weighted by Gasteiger charge is -2.27. The number of halogens is 3. The fourth-order valence-corrected chi connectivity index (χ4v) is 3.49. The first-order chi connectivity index (χ1) is 14.9. The van der Waals surface area contributed by atoms with Gasteiger partial charge in [-0.3, -0.25) is 4.79 Å². The van der Waals surface area contributed by atoms with E-state index in [1.807, 2.05) is 12.1 Å². The van der Waals surface area contributed by atoms with Crippen LogP contribution in [0, 0.1) is 0 Å². The van der Waals surface area contributed by atoms with Crippen molar-refractivity contribution in [1.29, 1.82) is 0 Å². The van der Waals surface area contributed by atoms with Crippen LogP contribution < -0.4 is 15.4 Å². The Hall–Kier alpha value is -2.43. The number of hydrogen-bond donors (Lipinski definition) is 2. The first kappa shape index (κ1) is 25.8. The molecule has 2 aromatic carbocycles. The fourth-order valence-electron chi connectivity index (χ4n) is 3.49. The summed E-state index contributed by atoms with van der Waals surface area (Å²) >= 11 is 0. The lowest BCUT2D eigenvalue weighted by molar-refractivity contribution is -0.127. The topological polar surface area (TPSA) is 66.0 Å². The van der Waals surface area contributed by atoms with E-state index >= 15 is 0 Å². The number of carbonyl (C=O) groups is 1. The summed E-state index contributed by atoms with van der Waals surface area (Å²) in [4.78, 5) is 18.1. The van der Waals surface area contributed by atoms with E-state index in [0.717, 1.165) is 19.3 Å². The van der Waals surface area contributed by atoms with E-state index in [4.69, 9.17) is 0 Å². The average molecular weight is 558 g/mol. The molecular formula is C23H29F2IN4O2. The second kappa shape index (κ2) is 12.6. The van der Waals surface area contributed by atoms with Crippen LogP contribution in [0.25, 0.3) is 0 Å². The smallest absolute Gasteiger partial charge is 0.387 e. The van der Waals surface area contributed by atoms with Crippen LogP contribution in [0.1, 0.15) is 23.1 Å². The van der Waals surface area contributed by atoms with E-state index in [9.17, 15) is 13.6 Å². The van der Waals surface area contributed by atoms with Gasteiger partial charge in [0, 0.05) is 25.7 Å². The summed E-state index contributed by atoms with van der Waals surface area (Å²) in [6.07, 6.45) is 2.75. The molecule has 32 heavy (non-hydrogen) atoms. The molecule has 0 bridgehead atoms. The molecule has 0 aliphatic heterocycles. The van der Waals surface area contributed by atoms with E-state index in [0.29, 0.717) is 11.5 Å². The maximum Gasteiger partial charge on any atom is 0.387 e. The minimum atomic E-state index is -2.90. The van der Waals surface area contributed by atoms with Crippen molar-refractivity contribution < 1.29 is 18.3 Å². The number of rotatable bonds is 7. The molecule has 0 saturated heterocycles. The first-order valence-electron chi connectivity index (χ1n) is 10.3. The van der Waals surface area contributed by atoms with Gasteiger partial charge >= 0.3 is 6.61 Å². The quantitative estimate of drug-likeness (QED) is 0.310. The van der Waals surface area contributed by atoms with Crippen molar-refractivity contribution in [1.82, 2.24) is 15.5 Å². The molecule has 6 nitrogen and oxygen atoms in total. The number of aryl methyl sites for hydroxylation is 1. The molecule has 0 fully saturated rings. The number of nitrogens with zero attached hydrogens (tertiary/aromatic N) is 2. The molecule has 9 heteroatoms. The van der Waals surface area contributed by atoms with Gasteiger partial charge < -0.3 is 20.3 Å². The standard InChI is InChI=1S/C23H28F2N4O2.HI/c1-29(2)21(30)15-27-23(26-14-18-9-5-6-10-20(18)31-22(24)25)28-19-12-11-16-7-3-4-8-17(16)13-19;/h3-10,19,22H,11-15H2,1-2H3,(H2,26,27,28);1H. The first-order valence-corrected chi connectivity index (χ1v) is 10.3. The third-order valence-corrected chi connectivity index (χ3v) is 5.19. The number of aliphatic imine (C=N–C) groups is 1. The minimum absolute atomic E-state index is 0. The highest BCUT2D eigenvalue weighted by molar-refractivity contribution is 14.0. The Morgan fingerprint density at radius 3 is 2.56 bits per heavy atom. The van der Waals surface area contributed by atoms with Crippen molar-refractivity contribution >= 4 is 35.8 Å². The molecule has 1 amide bonds. The van der Waals surface area contributed by atoms with E-state index in [1.54, 1.807) is 32.3 Å². The number of para-hydroxylation sites is 1. The SMILES string of the molecule is CN(C)C(=O)CNC(=NCc1ccccc1OC(F)F)NC1CCc2ccccc2C1.I. The molecule has 1 unspecified atom stereocenters. The van der Waals surface area contributed by atoms with Crippen molar-refractivity contribution in [3.8, 4) is 5.75 Å². The number of hydrogen-bond acceptors (Lipinski definition) is 3. The largest absolute Gasteiger partial charge is 0.434 e. The average Bonchev–Trinajstić information content (AvgIpc) is 2.75. The number of benzene rings is 2. The highest BCUT2D eigenvalue weighted by Crippen LogP contribution is 2.22. The summed E-state index contributed by atoms with van der Waals surface area (Å²) in [5.41, 5.74) is 3.19. The van der Waals surface area contributed by atoms with Crippen LogP contribution in [0.3, 0.4) is 0 Å². The Morgan fingerprint density at radius 1 is 1.16 bits per heavy atom. The molecule has 1 atom stereocenters. The highest BCUT2D eigenvalue weighted by atomic mass is 127. The van der Waals surface area contributed by atoms with Gasteiger partial charge in [0.2, 0.25) is 5.91 Å². The van der Waals surface area contributed by atoms with Gasteiger partial charge in [-0.2, -0.15) is 8.78 Å². The normalized spacial score (nSPS) is 15.4. The zero-order valence-electron chi connectivity index (χ0n) is 18.2. The van der Waals surface area contributed by atoms with E-state index in [1.165, 1.54) is 22.1 Å². The van der Waals surface area contributed by atoms with Crippen LogP contribution in [0.5, 0.6) is 5.75 Å². The highest BCUT2D eigenvalue weighted by Gasteiger charge is 2.20. The van der Waals surface area contributed by atoms with Gasteiger partial charge in [0.15, 0.2) is 5.96 Å². The van der Waals surface area contributed by atoms with Crippen molar-refractivity contribution in [2.75, 3.05) is 20.6 Å². The van der Waals surface area contributed by atoms with Crippen LogP contribution in [0.4, 0.5) is 8.78 Å². The molecule has 0 heterocycles. The zero-order chi connectivity index (χ0) is 22.2.